The molecule has 0 radical (unpaired) electrons. The average Bonchev–Trinajstić information content (AvgIpc) is 2.68. The molecule has 1 aliphatic rings. The molecule has 7 heteroatoms. The monoisotopic (exact) mass is 364 g/mol. The van der Waals surface area contributed by atoms with Crippen molar-refractivity contribution in [2.75, 3.05) is 31.0 Å². The van der Waals surface area contributed by atoms with E-state index in [-0.39, 0.29) is 0 Å². The number of para-hydroxylation sites is 2. The topological polar surface area (TPSA) is 77.5 Å². The van der Waals surface area contributed by atoms with Gasteiger partial charge in [0.1, 0.15) is 24.8 Å². The molecule has 2 heterocycles. The van der Waals surface area contributed by atoms with Crippen molar-refractivity contribution in [1.82, 2.24) is 9.97 Å². The predicted octanol–water partition coefficient (Wildman–Crippen LogP) is 4.05. The van der Waals surface area contributed by atoms with Crippen LogP contribution in [-0.4, -0.2) is 30.3 Å². The largest absolute Gasteiger partial charge is 0.495 e. The molecule has 0 atom stereocenters. The number of nitrogens with one attached hydrogen (secondary N) is 2. The number of benzene rings is 2. The third-order valence-electron chi connectivity index (χ3n) is 4.02. The first-order chi connectivity index (χ1) is 13.2. The summed E-state index contributed by atoms with van der Waals surface area (Å²) < 4.78 is 16.6. The maximum absolute atomic E-state index is 5.63. The zero-order valence-electron chi connectivity index (χ0n) is 15.2. The Morgan fingerprint density at radius 3 is 2.59 bits per heavy atom. The molecule has 1 aliphatic heterocycles. The zero-order valence-corrected chi connectivity index (χ0v) is 15.2. The van der Waals surface area contributed by atoms with Crippen LogP contribution in [0.3, 0.4) is 0 Å². The lowest BCUT2D eigenvalue weighted by molar-refractivity contribution is 0.171. The number of fused-ring (bicyclic) bond motifs is 1. The fourth-order valence-corrected chi connectivity index (χ4v) is 2.83. The van der Waals surface area contributed by atoms with E-state index in [0.29, 0.717) is 25.0 Å². The molecule has 1 aromatic heterocycles. The van der Waals surface area contributed by atoms with Crippen molar-refractivity contribution >= 4 is 23.1 Å². The van der Waals surface area contributed by atoms with Crippen molar-refractivity contribution in [2.45, 2.75) is 6.92 Å². The van der Waals surface area contributed by atoms with Crippen LogP contribution >= 0.6 is 0 Å². The minimum Gasteiger partial charge on any atom is -0.495 e. The Balaban J connectivity index is 1.57. The number of aromatic nitrogens is 2. The lowest BCUT2D eigenvalue weighted by Crippen LogP contribution is -2.15. The van der Waals surface area contributed by atoms with Gasteiger partial charge in [0.2, 0.25) is 5.95 Å². The lowest BCUT2D eigenvalue weighted by atomic mass is 10.2. The third-order valence-corrected chi connectivity index (χ3v) is 4.02. The Bertz CT molecular complexity index is 962. The van der Waals surface area contributed by atoms with Crippen LogP contribution in [0, 0.1) is 6.92 Å². The first-order valence-corrected chi connectivity index (χ1v) is 8.64. The quantitative estimate of drug-likeness (QED) is 0.707. The highest BCUT2D eigenvalue weighted by Crippen LogP contribution is 2.33. The first-order valence-electron chi connectivity index (χ1n) is 8.64. The molecule has 0 saturated heterocycles. The molecule has 0 fully saturated rings. The molecule has 2 N–H and O–H groups in total. The second-order valence-electron chi connectivity index (χ2n) is 6.03. The Kier molecular flexibility index (Phi) is 4.65. The molecule has 0 bridgehead atoms. The molecule has 0 spiro atoms. The van der Waals surface area contributed by atoms with E-state index in [0.717, 1.165) is 34.3 Å². The van der Waals surface area contributed by atoms with Crippen molar-refractivity contribution < 1.29 is 14.2 Å². The van der Waals surface area contributed by atoms with E-state index >= 15 is 0 Å². The summed E-state index contributed by atoms with van der Waals surface area (Å²) in [7, 11) is 1.63. The van der Waals surface area contributed by atoms with E-state index in [9.17, 15) is 0 Å². The molecule has 0 unspecified atom stereocenters. The fourth-order valence-electron chi connectivity index (χ4n) is 2.83. The van der Waals surface area contributed by atoms with Gasteiger partial charge < -0.3 is 24.8 Å². The Hall–Kier alpha value is -3.48. The van der Waals surface area contributed by atoms with Crippen molar-refractivity contribution in [1.29, 1.82) is 0 Å². The smallest absolute Gasteiger partial charge is 0.229 e. The van der Waals surface area contributed by atoms with Crippen molar-refractivity contribution in [3.05, 3.63) is 54.2 Å². The van der Waals surface area contributed by atoms with Crippen LogP contribution in [-0.2, 0) is 0 Å². The van der Waals surface area contributed by atoms with Crippen LogP contribution in [0.4, 0.5) is 23.1 Å². The predicted molar refractivity (Wildman–Crippen MR) is 104 cm³/mol. The number of ether oxygens (including phenoxy) is 3. The van der Waals surface area contributed by atoms with Gasteiger partial charge in [0, 0.05) is 23.5 Å². The van der Waals surface area contributed by atoms with E-state index in [2.05, 4.69) is 20.6 Å². The highest BCUT2D eigenvalue weighted by molar-refractivity contribution is 5.65. The Morgan fingerprint density at radius 2 is 1.74 bits per heavy atom. The van der Waals surface area contributed by atoms with Gasteiger partial charge in [0.25, 0.3) is 0 Å². The minimum atomic E-state index is 0.486. The molecular weight excluding hydrogens is 344 g/mol. The van der Waals surface area contributed by atoms with Crippen LogP contribution in [0.15, 0.2) is 48.5 Å². The summed E-state index contributed by atoms with van der Waals surface area (Å²) in [4.78, 5) is 9.00. The summed E-state index contributed by atoms with van der Waals surface area (Å²) in [5.74, 6) is 3.37. The van der Waals surface area contributed by atoms with Crippen LogP contribution in [0.1, 0.15) is 5.69 Å². The molecule has 138 valence electrons. The maximum atomic E-state index is 5.63. The number of hydrogen-bond donors (Lipinski definition) is 2. The number of rotatable bonds is 5. The summed E-state index contributed by atoms with van der Waals surface area (Å²) in [5.41, 5.74) is 2.50. The van der Waals surface area contributed by atoms with Gasteiger partial charge in [-0.25, -0.2) is 4.98 Å². The van der Waals surface area contributed by atoms with E-state index in [1.807, 2.05) is 55.5 Å². The van der Waals surface area contributed by atoms with Gasteiger partial charge in [0.05, 0.1) is 12.8 Å². The number of methoxy groups -OCH3 is 1. The molecule has 3 aromatic rings. The second kappa shape index (κ2) is 7.41. The molecule has 0 saturated carbocycles. The Labute approximate surface area is 157 Å². The molecular formula is C20H20N4O3. The van der Waals surface area contributed by atoms with Crippen LogP contribution in [0.25, 0.3) is 0 Å². The van der Waals surface area contributed by atoms with Gasteiger partial charge >= 0.3 is 0 Å². The van der Waals surface area contributed by atoms with Gasteiger partial charge in [-0.2, -0.15) is 4.98 Å². The van der Waals surface area contributed by atoms with Crippen molar-refractivity contribution in [3.8, 4) is 17.2 Å². The van der Waals surface area contributed by atoms with E-state index in [1.165, 1.54) is 0 Å². The summed E-state index contributed by atoms with van der Waals surface area (Å²) >= 11 is 0. The minimum absolute atomic E-state index is 0.486. The van der Waals surface area contributed by atoms with E-state index in [4.69, 9.17) is 14.2 Å². The SMILES string of the molecule is COc1ccccc1Nc1nc(C)cc(Nc2ccc3c(c2)OCCO3)n1. The van der Waals surface area contributed by atoms with Gasteiger partial charge in [0.15, 0.2) is 11.5 Å². The second-order valence-corrected chi connectivity index (χ2v) is 6.03. The van der Waals surface area contributed by atoms with Gasteiger partial charge in [-0.15, -0.1) is 0 Å². The number of nitrogens with zero attached hydrogens (tertiary/aromatic N) is 2. The number of aryl methyl sites for hydroxylation is 1. The van der Waals surface area contributed by atoms with Gasteiger partial charge in [-0.05, 0) is 31.2 Å². The number of anilines is 4. The highest BCUT2D eigenvalue weighted by Gasteiger charge is 2.12. The lowest BCUT2D eigenvalue weighted by Gasteiger charge is -2.19. The molecule has 0 amide bonds. The summed E-state index contributed by atoms with van der Waals surface area (Å²) in [5, 5.41) is 6.50. The van der Waals surface area contributed by atoms with E-state index in [1.54, 1.807) is 7.11 Å². The zero-order chi connectivity index (χ0) is 18.6. The average molecular weight is 364 g/mol. The van der Waals surface area contributed by atoms with Gasteiger partial charge in [-0.1, -0.05) is 12.1 Å². The summed E-state index contributed by atoms with van der Waals surface area (Å²) in [6.07, 6.45) is 0. The van der Waals surface area contributed by atoms with E-state index < -0.39 is 0 Å². The molecule has 4 rings (SSSR count). The number of hydrogen-bond acceptors (Lipinski definition) is 7. The normalized spacial score (nSPS) is 12.4. The van der Waals surface area contributed by atoms with Crippen molar-refractivity contribution in [3.63, 3.8) is 0 Å². The molecule has 0 aliphatic carbocycles. The van der Waals surface area contributed by atoms with Crippen LogP contribution < -0.4 is 24.8 Å². The van der Waals surface area contributed by atoms with Crippen LogP contribution in [0.5, 0.6) is 17.2 Å². The van der Waals surface area contributed by atoms with Crippen LogP contribution in [0.2, 0.25) is 0 Å². The summed E-state index contributed by atoms with van der Waals surface area (Å²) in [6, 6.07) is 15.2. The summed E-state index contributed by atoms with van der Waals surface area (Å²) in [6.45, 7) is 3.04. The fraction of sp³-hybridized carbons (Fsp3) is 0.200. The highest BCUT2D eigenvalue weighted by atomic mass is 16.6. The standard InChI is InChI=1S/C20H20N4O3/c1-13-11-19(22-14-7-8-17-18(12-14)27-10-9-26-17)24-20(21-13)23-15-5-3-4-6-16(15)25-2/h3-8,11-12H,9-10H2,1-2H3,(H2,21,22,23,24). The third kappa shape index (κ3) is 3.87. The van der Waals surface area contributed by atoms with Crippen molar-refractivity contribution in [2.24, 2.45) is 0 Å². The maximum Gasteiger partial charge on any atom is 0.229 e. The molecule has 2 aromatic carbocycles. The van der Waals surface area contributed by atoms with Gasteiger partial charge in [-0.3, -0.25) is 0 Å². The molecule has 7 nitrogen and oxygen atoms in total. The Morgan fingerprint density at radius 1 is 0.926 bits per heavy atom. The molecule has 27 heavy (non-hydrogen) atoms. The first kappa shape index (κ1) is 17.0.